The molecule has 18 heavy (non-hydrogen) atoms. The van der Waals surface area contributed by atoms with Gasteiger partial charge in [-0.05, 0) is 32.0 Å². The number of nitrogens with one attached hydrogen (secondary N) is 2. The van der Waals surface area contributed by atoms with E-state index < -0.39 is 0 Å². The largest absolute Gasteiger partial charge is 0.359 e. The van der Waals surface area contributed by atoms with Gasteiger partial charge in [-0.25, -0.2) is 4.98 Å². The quantitative estimate of drug-likeness (QED) is 0.889. The van der Waals surface area contributed by atoms with Crippen LogP contribution in [-0.4, -0.2) is 24.1 Å². The Labute approximate surface area is 111 Å². The number of hydrogen-bond donors (Lipinski definition) is 2. The Hall–Kier alpha value is -1.39. The van der Waals surface area contributed by atoms with Crippen LogP contribution >= 0.6 is 11.3 Å². The Bertz CT molecular complexity index is 489. The topological polar surface area (TPSA) is 37.0 Å². The van der Waals surface area contributed by atoms with E-state index in [1.165, 1.54) is 12.8 Å². The minimum Gasteiger partial charge on any atom is -0.359 e. The van der Waals surface area contributed by atoms with Crippen LogP contribution in [0.15, 0.2) is 29.6 Å². The zero-order valence-corrected chi connectivity index (χ0v) is 11.0. The molecule has 0 aliphatic carbocycles. The summed E-state index contributed by atoms with van der Waals surface area (Å²) in [4.78, 5) is 4.65. The minimum atomic E-state index is 0.564. The number of hydrogen-bond acceptors (Lipinski definition) is 4. The maximum absolute atomic E-state index is 4.65. The molecule has 2 heterocycles. The van der Waals surface area contributed by atoms with Gasteiger partial charge >= 0.3 is 0 Å². The highest BCUT2D eigenvalue weighted by atomic mass is 32.1. The lowest BCUT2D eigenvalue weighted by atomic mass is 10.1. The number of piperidine rings is 1. The summed E-state index contributed by atoms with van der Waals surface area (Å²) in [5.74, 6) is 0. The van der Waals surface area contributed by atoms with Crippen molar-refractivity contribution in [2.45, 2.75) is 18.9 Å². The van der Waals surface area contributed by atoms with Gasteiger partial charge in [0, 0.05) is 17.0 Å². The molecule has 0 atom stereocenters. The van der Waals surface area contributed by atoms with E-state index in [1.807, 2.05) is 24.3 Å². The second-order valence-electron chi connectivity index (χ2n) is 4.50. The van der Waals surface area contributed by atoms with E-state index in [2.05, 4.69) is 27.1 Å². The number of benzene rings is 1. The van der Waals surface area contributed by atoms with E-state index in [0.717, 1.165) is 29.5 Å². The first kappa shape index (κ1) is 11.7. The van der Waals surface area contributed by atoms with Crippen LogP contribution in [0.5, 0.6) is 0 Å². The van der Waals surface area contributed by atoms with Crippen LogP contribution < -0.4 is 10.6 Å². The summed E-state index contributed by atoms with van der Waals surface area (Å²) in [7, 11) is 0. The lowest BCUT2D eigenvalue weighted by Gasteiger charge is -2.23. The van der Waals surface area contributed by atoms with Crippen LogP contribution in [0.4, 0.5) is 5.13 Å². The molecule has 3 nitrogen and oxygen atoms in total. The fourth-order valence-corrected chi connectivity index (χ4v) is 2.97. The van der Waals surface area contributed by atoms with Crippen LogP contribution in [0.2, 0.25) is 0 Å². The van der Waals surface area contributed by atoms with Crippen molar-refractivity contribution in [2.75, 3.05) is 18.4 Å². The van der Waals surface area contributed by atoms with E-state index >= 15 is 0 Å². The van der Waals surface area contributed by atoms with Gasteiger partial charge in [-0.3, -0.25) is 0 Å². The number of rotatable bonds is 3. The summed E-state index contributed by atoms with van der Waals surface area (Å²) in [5, 5.41) is 10.0. The summed E-state index contributed by atoms with van der Waals surface area (Å²) in [6, 6.07) is 11.5. The third-order valence-electron chi connectivity index (χ3n) is 3.18. The van der Waals surface area contributed by atoms with Crippen molar-refractivity contribution in [1.82, 2.24) is 10.3 Å². The molecule has 1 aromatic carbocycles. The second kappa shape index (κ2) is 5.50. The molecule has 1 radical (unpaired) electrons. The number of anilines is 1. The maximum atomic E-state index is 4.65. The standard InChI is InChI=1S/C14H16N3S/c1-2-4-11(5-3-1)13-10-18-14(17-13)16-12-6-8-15-9-7-12/h2-5,10,12,15H,6-9H2,(H,16,17). The third kappa shape index (κ3) is 2.71. The highest BCUT2D eigenvalue weighted by Crippen LogP contribution is 2.25. The zero-order valence-electron chi connectivity index (χ0n) is 10.1. The molecule has 93 valence electrons. The Balaban J connectivity index is 1.69. The Morgan fingerprint density at radius 3 is 2.83 bits per heavy atom. The van der Waals surface area contributed by atoms with Gasteiger partial charge in [0.1, 0.15) is 0 Å². The summed E-state index contributed by atoms with van der Waals surface area (Å²) >= 11 is 1.69. The van der Waals surface area contributed by atoms with Crippen molar-refractivity contribution in [2.24, 2.45) is 0 Å². The minimum absolute atomic E-state index is 0.564. The normalized spacial score (nSPS) is 16.7. The number of aromatic nitrogens is 1. The molecule has 0 saturated carbocycles. The second-order valence-corrected chi connectivity index (χ2v) is 5.35. The molecule has 0 unspecified atom stereocenters. The van der Waals surface area contributed by atoms with Crippen LogP contribution in [-0.2, 0) is 0 Å². The first-order valence-electron chi connectivity index (χ1n) is 6.31. The van der Waals surface area contributed by atoms with Crippen LogP contribution in [0.25, 0.3) is 11.3 Å². The number of thiazole rings is 1. The third-order valence-corrected chi connectivity index (χ3v) is 3.96. The maximum Gasteiger partial charge on any atom is 0.183 e. The van der Waals surface area contributed by atoms with Gasteiger partial charge in [0.2, 0.25) is 0 Å². The molecule has 1 aromatic heterocycles. The lowest BCUT2D eigenvalue weighted by Crippen LogP contribution is -2.35. The predicted octanol–water partition coefficient (Wildman–Crippen LogP) is 2.77. The fourth-order valence-electron chi connectivity index (χ4n) is 2.17. The van der Waals surface area contributed by atoms with Gasteiger partial charge in [0.15, 0.2) is 5.13 Å². The average Bonchev–Trinajstić information content (AvgIpc) is 2.89. The van der Waals surface area contributed by atoms with Crippen molar-refractivity contribution in [3.63, 3.8) is 0 Å². The predicted molar refractivity (Wildman–Crippen MR) is 75.9 cm³/mol. The van der Waals surface area contributed by atoms with Gasteiger partial charge in [-0.15, -0.1) is 11.3 Å². The van der Waals surface area contributed by atoms with Crippen molar-refractivity contribution in [1.29, 1.82) is 0 Å². The van der Waals surface area contributed by atoms with E-state index in [4.69, 9.17) is 0 Å². The summed E-state index contributed by atoms with van der Waals surface area (Å²) in [6.07, 6.45) is 2.35. The summed E-state index contributed by atoms with van der Waals surface area (Å²) < 4.78 is 0. The van der Waals surface area contributed by atoms with Crippen molar-refractivity contribution in [3.8, 4) is 11.3 Å². The Morgan fingerprint density at radius 1 is 1.28 bits per heavy atom. The monoisotopic (exact) mass is 258 g/mol. The van der Waals surface area contributed by atoms with E-state index in [-0.39, 0.29) is 0 Å². The first-order chi connectivity index (χ1) is 8.92. The molecule has 2 aromatic rings. The first-order valence-corrected chi connectivity index (χ1v) is 7.19. The molecule has 4 heteroatoms. The molecule has 2 N–H and O–H groups in total. The highest BCUT2D eigenvalue weighted by molar-refractivity contribution is 7.14. The molecule has 0 spiro atoms. The summed E-state index contributed by atoms with van der Waals surface area (Å²) in [6.45, 7) is 2.20. The van der Waals surface area contributed by atoms with Crippen LogP contribution in [0.3, 0.4) is 0 Å². The van der Waals surface area contributed by atoms with Crippen molar-refractivity contribution in [3.05, 3.63) is 35.7 Å². The molecular weight excluding hydrogens is 242 g/mol. The van der Waals surface area contributed by atoms with E-state index in [9.17, 15) is 0 Å². The Kier molecular flexibility index (Phi) is 3.57. The van der Waals surface area contributed by atoms with E-state index in [1.54, 1.807) is 11.3 Å². The van der Waals surface area contributed by atoms with Gasteiger partial charge in [0.25, 0.3) is 0 Å². The number of nitrogens with zero attached hydrogens (tertiary/aromatic N) is 1. The molecule has 1 aliphatic heterocycles. The molecule has 3 rings (SSSR count). The van der Waals surface area contributed by atoms with Gasteiger partial charge in [-0.1, -0.05) is 24.3 Å². The van der Waals surface area contributed by atoms with Gasteiger partial charge in [0.05, 0.1) is 5.69 Å². The molecule has 0 amide bonds. The van der Waals surface area contributed by atoms with Gasteiger partial charge in [-0.2, -0.15) is 0 Å². The lowest BCUT2D eigenvalue weighted by molar-refractivity contribution is 0.479. The van der Waals surface area contributed by atoms with Crippen LogP contribution in [0.1, 0.15) is 12.8 Å². The molecular formula is C14H16N3S. The fraction of sp³-hybridized carbons (Fsp3) is 0.357. The van der Waals surface area contributed by atoms with Crippen molar-refractivity contribution >= 4 is 16.5 Å². The summed E-state index contributed by atoms with van der Waals surface area (Å²) in [5.41, 5.74) is 2.20. The van der Waals surface area contributed by atoms with Crippen LogP contribution in [0, 0.1) is 6.07 Å². The SMILES string of the molecule is [c]1ccc(-c2csc(NC3CCNCC3)n2)cc1. The van der Waals surface area contributed by atoms with Crippen molar-refractivity contribution < 1.29 is 0 Å². The smallest absolute Gasteiger partial charge is 0.183 e. The highest BCUT2D eigenvalue weighted by Gasteiger charge is 2.14. The molecule has 1 aliphatic rings. The molecule has 1 saturated heterocycles. The molecule has 1 fully saturated rings. The average molecular weight is 258 g/mol. The van der Waals surface area contributed by atoms with E-state index in [0.29, 0.717) is 6.04 Å². The molecule has 0 bridgehead atoms. The Morgan fingerprint density at radius 2 is 2.06 bits per heavy atom. The zero-order chi connectivity index (χ0) is 12.2. The van der Waals surface area contributed by atoms with Gasteiger partial charge < -0.3 is 10.6 Å².